The van der Waals surface area contributed by atoms with E-state index < -0.39 is 0 Å². The first-order valence-corrected chi connectivity index (χ1v) is 4.25. The topological polar surface area (TPSA) is 39.4 Å². The van der Waals surface area contributed by atoms with Gasteiger partial charge in [-0.2, -0.15) is 0 Å². The summed E-state index contributed by atoms with van der Waals surface area (Å²) in [4.78, 5) is 10.5. The van der Waals surface area contributed by atoms with Crippen molar-refractivity contribution in [1.29, 1.82) is 0 Å². The Morgan fingerprint density at radius 2 is 1.93 bits per heavy atom. The molecule has 0 fully saturated rings. The molecule has 1 aromatic carbocycles. The number of carbonyl (C=O) groups is 1. The fourth-order valence-electron chi connectivity index (χ4n) is 1.11. The van der Waals surface area contributed by atoms with E-state index in [1.165, 1.54) is 36.6 Å². The molecule has 0 radical (unpaired) electrons. The minimum atomic E-state index is -0.342. The number of ether oxygens (including phenoxy) is 1. The smallest absolute Gasteiger partial charge is 0.208 e. The minimum absolute atomic E-state index is 0.110. The van der Waals surface area contributed by atoms with Crippen LogP contribution in [0.1, 0.15) is 10.6 Å². The van der Waals surface area contributed by atoms with Gasteiger partial charge in [-0.3, -0.25) is 4.79 Å². The van der Waals surface area contributed by atoms with Crippen molar-refractivity contribution >= 4 is 6.29 Å². The third kappa shape index (κ3) is 2.04. The molecule has 3 nitrogen and oxygen atoms in total. The van der Waals surface area contributed by atoms with Gasteiger partial charge in [0, 0.05) is 6.07 Å². The van der Waals surface area contributed by atoms with E-state index in [0.717, 1.165) is 0 Å². The minimum Gasteiger partial charge on any atom is -0.457 e. The predicted octanol–water partition coefficient (Wildman–Crippen LogP) is 3.02. The summed E-state index contributed by atoms with van der Waals surface area (Å²) in [7, 11) is 0. The molecule has 1 aromatic heterocycles. The summed E-state index contributed by atoms with van der Waals surface area (Å²) in [5.74, 6) is 0.530. The lowest BCUT2D eigenvalue weighted by Gasteiger charge is -2.02. The highest BCUT2D eigenvalue weighted by Crippen LogP contribution is 2.25. The summed E-state index contributed by atoms with van der Waals surface area (Å²) >= 11 is 0. The molecule has 0 bridgehead atoms. The van der Waals surface area contributed by atoms with E-state index in [2.05, 4.69) is 0 Å². The molecule has 0 N–H and O–H groups in total. The van der Waals surface area contributed by atoms with Crippen molar-refractivity contribution in [2.24, 2.45) is 0 Å². The Balaban J connectivity index is 2.21. The third-order valence-electron chi connectivity index (χ3n) is 1.81. The molecule has 0 aliphatic carbocycles. The van der Waals surface area contributed by atoms with Crippen molar-refractivity contribution in [1.82, 2.24) is 0 Å². The maximum Gasteiger partial charge on any atom is 0.208 e. The van der Waals surface area contributed by atoms with Gasteiger partial charge in [0.05, 0.1) is 6.26 Å². The summed E-state index contributed by atoms with van der Waals surface area (Å²) in [5, 5.41) is 0. The van der Waals surface area contributed by atoms with Crippen LogP contribution in [-0.2, 0) is 0 Å². The van der Waals surface area contributed by atoms with Crippen molar-refractivity contribution < 1.29 is 18.3 Å². The molecule has 0 unspecified atom stereocenters. The molecule has 76 valence electrons. The highest BCUT2D eigenvalue weighted by molar-refractivity contribution is 5.75. The number of benzene rings is 1. The van der Waals surface area contributed by atoms with Crippen LogP contribution in [0.2, 0.25) is 0 Å². The first-order valence-electron chi connectivity index (χ1n) is 4.25. The fraction of sp³-hybridized carbons (Fsp3) is 0. The summed E-state index contributed by atoms with van der Waals surface area (Å²) in [6.45, 7) is 0. The van der Waals surface area contributed by atoms with Gasteiger partial charge in [0.1, 0.15) is 11.6 Å². The van der Waals surface area contributed by atoms with E-state index in [1.54, 1.807) is 0 Å². The maximum atomic E-state index is 12.6. The van der Waals surface area contributed by atoms with Crippen LogP contribution < -0.4 is 4.74 Å². The Hall–Kier alpha value is -2.10. The molecule has 2 rings (SSSR count). The summed E-state index contributed by atoms with van der Waals surface area (Å²) in [6.07, 6.45) is 1.90. The molecule has 1 heterocycles. The molecule has 4 heteroatoms. The number of halogens is 1. The predicted molar refractivity (Wildman–Crippen MR) is 50.6 cm³/mol. The first-order chi connectivity index (χ1) is 7.29. The van der Waals surface area contributed by atoms with Gasteiger partial charge >= 0.3 is 0 Å². The Morgan fingerprint density at radius 3 is 2.60 bits per heavy atom. The molecular weight excluding hydrogens is 199 g/mol. The van der Waals surface area contributed by atoms with E-state index in [0.29, 0.717) is 17.8 Å². The van der Waals surface area contributed by atoms with Crippen molar-refractivity contribution in [2.45, 2.75) is 0 Å². The van der Waals surface area contributed by atoms with Crippen LogP contribution in [0, 0.1) is 5.82 Å². The third-order valence-corrected chi connectivity index (χ3v) is 1.81. The van der Waals surface area contributed by atoms with Gasteiger partial charge in [-0.15, -0.1) is 0 Å². The first kappa shape index (κ1) is 9.45. The number of rotatable bonds is 3. The quantitative estimate of drug-likeness (QED) is 0.724. The van der Waals surface area contributed by atoms with Gasteiger partial charge in [0.25, 0.3) is 0 Å². The lowest BCUT2D eigenvalue weighted by Crippen LogP contribution is -1.86. The van der Waals surface area contributed by atoms with Gasteiger partial charge in [-0.25, -0.2) is 4.39 Å². The Morgan fingerprint density at radius 1 is 1.20 bits per heavy atom. The Bertz CT molecular complexity index is 459. The van der Waals surface area contributed by atoms with Crippen LogP contribution in [0.3, 0.4) is 0 Å². The van der Waals surface area contributed by atoms with Crippen LogP contribution in [0.5, 0.6) is 11.5 Å². The van der Waals surface area contributed by atoms with Crippen LogP contribution in [-0.4, -0.2) is 6.29 Å². The van der Waals surface area contributed by atoms with Crippen LogP contribution in [0.25, 0.3) is 0 Å². The van der Waals surface area contributed by atoms with Crippen molar-refractivity contribution in [3.63, 3.8) is 0 Å². The second-order valence-electron chi connectivity index (χ2n) is 2.82. The second-order valence-corrected chi connectivity index (χ2v) is 2.82. The second kappa shape index (κ2) is 3.96. The van der Waals surface area contributed by atoms with E-state index in [9.17, 15) is 9.18 Å². The number of hydrogen-bond donors (Lipinski definition) is 0. The average molecular weight is 206 g/mol. The van der Waals surface area contributed by atoms with E-state index >= 15 is 0 Å². The molecule has 15 heavy (non-hydrogen) atoms. The average Bonchev–Trinajstić information content (AvgIpc) is 2.69. The number of hydrogen-bond acceptors (Lipinski definition) is 3. The molecule has 0 aliphatic heterocycles. The SMILES string of the molecule is O=Cc1occc1Oc1ccc(F)cc1. The zero-order chi connectivity index (χ0) is 10.7. The van der Waals surface area contributed by atoms with Gasteiger partial charge < -0.3 is 9.15 Å². The Labute approximate surface area is 85.1 Å². The number of aldehydes is 1. The van der Waals surface area contributed by atoms with Gasteiger partial charge in [0.2, 0.25) is 5.76 Å². The largest absolute Gasteiger partial charge is 0.457 e. The van der Waals surface area contributed by atoms with E-state index in [-0.39, 0.29) is 11.6 Å². The summed E-state index contributed by atoms with van der Waals surface area (Å²) in [6, 6.07) is 7.01. The molecule has 0 spiro atoms. The van der Waals surface area contributed by atoms with Crippen molar-refractivity contribution in [3.8, 4) is 11.5 Å². The zero-order valence-electron chi connectivity index (χ0n) is 7.64. The zero-order valence-corrected chi connectivity index (χ0v) is 7.64. The van der Waals surface area contributed by atoms with Crippen LogP contribution in [0.4, 0.5) is 4.39 Å². The lowest BCUT2D eigenvalue weighted by atomic mass is 10.3. The molecule has 0 aliphatic rings. The number of carbonyl (C=O) groups excluding carboxylic acids is 1. The summed E-state index contributed by atoms with van der Waals surface area (Å²) in [5.41, 5.74) is 0. The monoisotopic (exact) mass is 206 g/mol. The lowest BCUT2D eigenvalue weighted by molar-refractivity contribution is 0.109. The van der Waals surface area contributed by atoms with Crippen molar-refractivity contribution in [2.75, 3.05) is 0 Å². The van der Waals surface area contributed by atoms with Gasteiger partial charge in [-0.05, 0) is 24.3 Å². The van der Waals surface area contributed by atoms with Gasteiger partial charge in [-0.1, -0.05) is 0 Å². The highest BCUT2D eigenvalue weighted by atomic mass is 19.1. The van der Waals surface area contributed by atoms with Gasteiger partial charge in [0.15, 0.2) is 12.0 Å². The fourth-order valence-corrected chi connectivity index (χ4v) is 1.11. The molecule has 2 aromatic rings. The van der Waals surface area contributed by atoms with E-state index in [1.807, 2.05) is 0 Å². The van der Waals surface area contributed by atoms with Crippen LogP contribution in [0.15, 0.2) is 41.0 Å². The summed E-state index contributed by atoms with van der Waals surface area (Å²) < 4.78 is 22.7. The van der Waals surface area contributed by atoms with Crippen LogP contribution >= 0.6 is 0 Å². The number of furan rings is 1. The highest BCUT2D eigenvalue weighted by Gasteiger charge is 2.07. The van der Waals surface area contributed by atoms with Crippen molar-refractivity contribution in [3.05, 3.63) is 48.2 Å². The molecular formula is C11H7FO3. The molecule has 0 saturated heterocycles. The van der Waals surface area contributed by atoms with E-state index in [4.69, 9.17) is 9.15 Å². The molecule has 0 amide bonds. The Kier molecular flexibility index (Phi) is 2.49. The standard InChI is InChI=1S/C11H7FO3/c12-8-1-3-9(4-2-8)15-10-5-6-14-11(10)7-13/h1-7H. The molecule has 0 atom stereocenters. The normalized spacial score (nSPS) is 9.93. The molecule has 0 saturated carbocycles. The maximum absolute atomic E-state index is 12.6.